The average molecular weight is 260 g/mol. The topological polar surface area (TPSA) is 28.7 Å². The van der Waals surface area contributed by atoms with E-state index in [0.29, 0.717) is 0 Å². The van der Waals surface area contributed by atoms with Crippen LogP contribution in [-0.2, 0) is 7.05 Å². The summed E-state index contributed by atoms with van der Waals surface area (Å²) in [6, 6.07) is 16.8. The predicted molar refractivity (Wildman–Crippen MR) is 82.5 cm³/mol. The van der Waals surface area contributed by atoms with Crippen molar-refractivity contribution in [2.24, 2.45) is 7.05 Å². The van der Waals surface area contributed by atoms with E-state index in [1.807, 2.05) is 25.1 Å². The molecule has 0 aliphatic rings. The van der Waals surface area contributed by atoms with Gasteiger partial charge in [-0.2, -0.15) is 5.26 Å². The van der Waals surface area contributed by atoms with E-state index >= 15 is 0 Å². The van der Waals surface area contributed by atoms with Gasteiger partial charge in [-0.15, -0.1) is 0 Å². The summed E-state index contributed by atoms with van der Waals surface area (Å²) in [4.78, 5) is 0. The Morgan fingerprint density at radius 1 is 1.05 bits per heavy atom. The van der Waals surface area contributed by atoms with Gasteiger partial charge in [0.15, 0.2) is 0 Å². The number of fused-ring (bicyclic) bond motifs is 1. The summed E-state index contributed by atoms with van der Waals surface area (Å²) < 4.78 is 2.18. The van der Waals surface area contributed by atoms with Crippen LogP contribution >= 0.6 is 0 Å². The number of nitriles is 1. The molecular weight excluding hydrogens is 244 g/mol. The standard InChI is InChI=1S/C18H16N2/c1-12-9-17-15(10-13(2)20(17)3)18(16(12)11-19)14-7-5-4-6-8-14/h4-10H,1-3H3. The van der Waals surface area contributed by atoms with Gasteiger partial charge in [-0.25, -0.2) is 0 Å². The summed E-state index contributed by atoms with van der Waals surface area (Å²) >= 11 is 0. The van der Waals surface area contributed by atoms with Gasteiger partial charge in [-0.1, -0.05) is 30.3 Å². The van der Waals surface area contributed by atoms with E-state index in [1.54, 1.807) is 0 Å². The highest BCUT2D eigenvalue weighted by atomic mass is 14.9. The monoisotopic (exact) mass is 260 g/mol. The quantitative estimate of drug-likeness (QED) is 0.640. The minimum Gasteiger partial charge on any atom is -0.348 e. The predicted octanol–water partition coefficient (Wildman–Crippen LogP) is 4.33. The molecule has 20 heavy (non-hydrogen) atoms. The van der Waals surface area contributed by atoms with Crippen LogP contribution in [0, 0.1) is 25.2 Å². The maximum absolute atomic E-state index is 9.54. The van der Waals surface area contributed by atoms with E-state index in [9.17, 15) is 5.26 Å². The Labute approximate surface area is 118 Å². The molecule has 0 saturated heterocycles. The van der Waals surface area contributed by atoms with Crippen molar-refractivity contribution in [3.8, 4) is 17.2 Å². The molecule has 1 aromatic heterocycles. The van der Waals surface area contributed by atoms with Crippen molar-refractivity contribution >= 4 is 10.9 Å². The lowest BCUT2D eigenvalue weighted by Gasteiger charge is -2.10. The summed E-state index contributed by atoms with van der Waals surface area (Å²) in [5.41, 5.74) is 6.33. The van der Waals surface area contributed by atoms with Gasteiger partial charge in [-0.05, 0) is 37.1 Å². The molecule has 2 aromatic carbocycles. The third-order valence-electron chi connectivity index (χ3n) is 3.96. The van der Waals surface area contributed by atoms with E-state index in [1.165, 1.54) is 11.2 Å². The zero-order chi connectivity index (χ0) is 14.3. The molecule has 0 aliphatic carbocycles. The molecule has 0 N–H and O–H groups in total. The Morgan fingerprint density at radius 3 is 2.40 bits per heavy atom. The molecule has 2 heteroatoms. The lowest BCUT2D eigenvalue weighted by molar-refractivity contribution is 0.917. The van der Waals surface area contributed by atoms with Gasteiger partial charge in [0, 0.05) is 29.2 Å². The van der Waals surface area contributed by atoms with Crippen LogP contribution in [0.5, 0.6) is 0 Å². The molecule has 0 saturated carbocycles. The molecule has 0 fully saturated rings. The lowest BCUT2D eigenvalue weighted by atomic mass is 9.93. The fraction of sp³-hybridized carbons (Fsp3) is 0.167. The average Bonchev–Trinajstić information content (AvgIpc) is 2.74. The molecule has 3 rings (SSSR count). The van der Waals surface area contributed by atoms with E-state index in [4.69, 9.17) is 0 Å². The van der Waals surface area contributed by atoms with Crippen LogP contribution in [0.1, 0.15) is 16.8 Å². The normalized spacial score (nSPS) is 10.7. The maximum atomic E-state index is 9.54. The first-order valence-corrected chi connectivity index (χ1v) is 6.68. The van der Waals surface area contributed by atoms with Gasteiger partial charge in [0.2, 0.25) is 0 Å². The summed E-state index contributed by atoms with van der Waals surface area (Å²) in [5.74, 6) is 0. The highest BCUT2D eigenvalue weighted by Gasteiger charge is 2.15. The third-order valence-corrected chi connectivity index (χ3v) is 3.96. The summed E-state index contributed by atoms with van der Waals surface area (Å²) in [6.45, 7) is 4.10. The van der Waals surface area contributed by atoms with Crippen molar-refractivity contribution < 1.29 is 0 Å². The Balaban J connectivity index is 2.51. The summed E-state index contributed by atoms with van der Waals surface area (Å²) in [5, 5.41) is 10.7. The fourth-order valence-corrected chi connectivity index (χ4v) is 2.78. The Hall–Kier alpha value is -2.53. The summed E-state index contributed by atoms with van der Waals surface area (Å²) in [6.07, 6.45) is 0. The second-order valence-corrected chi connectivity index (χ2v) is 5.20. The first kappa shape index (κ1) is 12.5. The van der Waals surface area contributed by atoms with Crippen LogP contribution in [0.15, 0.2) is 42.5 Å². The second-order valence-electron chi connectivity index (χ2n) is 5.20. The number of hydrogen-bond acceptors (Lipinski definition) is 1. The number of aryl methyl sites for hydroxylation is 3. The van der Waals surface area contributed by atoms with Crippen LogP contribution < -0.4 is 0 Å². The van der Waals surface area contributed by atoms with E-state index < -0.39 is 0 Å². The molecule has 0 aliphatic heterocycles. The zero-order valence-electron chi connectivity index (χ0n) is 11.9. The van der Waals surface area contributed by atoms with Gasteiger partial charge >= 0.3 is 0 Å². The largest absolute Gasteiger partial charge is 0.348 e. The van der Waals surface area contributed by atoms with Crippen LogP contribution in [0.25, 0.3) is 22.0 Å². The molecule has 0 atom stereocenters. The Kier molecular flexibility index (Phi) is 2.84. The van der Waals surface area contributed by atoms with Crippen LogP contribution in [0.2, 0.25) is 0 Å². The molecule has 1 heterocycles. The van der Waals surface area contributed by atoms with E-state index in [2.05, 4.69) is 48.9 Å². The van der Waals surface area contributed by atoms with E-state index in [-0.39, 0.29) is 0 Å². The molecular formula is C18H16N2. The molecule has 2 nitrogen and oxygen atoms in total. The van der Waals surface area contributed by atoms with Crippen molar-refractivity contribution in [3.63, 3.8) is 0 Å². The number of aromatic nitrogens is 1. The zero-order valence-corrected chi connectivity index (χ0v) is 11.9. The molecule has 0 amide bonds. The van der Waals surface area contributed by atoms with Gasteiger partial charge in [0.05, 0.1) is 5.56 Å². The lowest BCUT2D eigenvalue weighted by Crippen LogP contribution is -1.94. The van der Waals surface area contributed by atoms with Crippen LogP contribution in [0.3, 0.4) is 0 Å². The Bertz CT molecular complexity index is 833. The van der Waals surface area contributed by atoms with Crippen molar-refractivity contribution in [2.45, 2.75) is 13.8 Å². The Morgan fingerprint density at radius 2 is 1.75 bits per heavy atom. The molecule has 3 aromatic rings. The van der Waals surface area contributed by atoms with Gasteiger partial charge in [0.25, 0.3) is 0 Å². The fourth-order valence-electron chi connectivity index (χ4n) is 2.78. The number of benzene rings is 2. The van der Waals surface area contributed by atoms with Crippen LogP contribution in [-0.4, -0.2) is 4.57 Å². The highest BCUT2D eigenvalue weighted by Crippen LogP contribution is 2.35. The number of nitrogens with zero attached hydrogens (tertiary/aromatic N) is 2. The molecule has 0 bridgehead atoms. The highest BCUT2D eigenvalue weighted by molar-refractivity contribution is 5.99. The van der Waals surface area contributed by atoms with Crippen molar-refractivity contribution in [1.82, 2.24) is 4.57 Å². The molecule has 98 valence electrons. The minimum absolute atomic E-state index is 0.773. The molecule has 0 spiro atoms. The number of hydrogen-bond donors (Lipinski definition) is 0. The summed E-state index contributed by atoms with van der Waals surface area (Å²) in [7, 11) is 2.07. The van der Waals surface area contributed by atoms with Crippen molar-refractivity contribution in [3.05, 3.63) is 59.3 Å². The minimum atomic E-state index is 0.773. The van der Waals surface area contributed by atoms with E-state index in [0.717, 1.165) is 27.6 Å². The molecule has 0 unspecified atom stereocenters. The third kappa shape index (κ3) is 1.71. The van der Waals surface area contributed by atoms with Gasteiger partial charge in [0.1, 0.15) is 6.07 Å². The first-order valence-electron chi connectivity index (χ1n) is 6.68. The van der Waals surface area contributed by atoms with Gasteiger partial charge < -0.3 is 4.57 Å². The number of rotatable bonds is 1. The first-order chi connectivity index (χ1) is 9.63. The van der Waals surface area contributed by atoms with Crippen molar-refractivity contribution in [2.75, 3.05) is 0 Å². The SMILES string of the molecule is Cc1cc2c(cc(C)n2C)c(-c2ccccc2)c1C#N. The van der Waals surface area contributed by atoms with Crippen molar-refractivity contribution in [1.29, 1.82) is 5.26 Å². The molecule has 0 radical (unpaired) electrons. The maximum Gasteiger partial charge on any atom is 0.100 e. The van der Waals surface area contributed by atoms with Crippen LogP contribution in [0.4, 0.5) is 0 Å². The second kappa shape index (κ2) is 4.54. The van der Waals surface area contributed by atoms with Gasteiger partial charge in [-0.3, -0.25) is 0 Å². The smallest absolute Gasteiger partial charge is 0.100 e.